The number of nitrogens with zero attached hydrogens (tertiary/aromatic N) is 1. The molecule has 1 aromatic carbocycles. The van der Waals surface area contributed by atoms with Crippen LogP contribution in [0.3, 0.4) is 0 Å². The summed E-state index contributed by atoms with van der Waals surface area (Å²) in [5.41, 5.74) is 5.99. The highest BCUT2D eigenvalue weighted by Crippen LogP contribution is 2.17. The van der Waals surface area contributed by atoms with Gasteiger partial charge in [0, 0.05) is 19.6 Å². The van der Waals surface area contributed by atoms with E-state index >= 15 is 0 Å². The first-order valence-corrected chi connectivity index (χ1v) is 8.03. The van der Waals surface area contributed by atoms with Crippen molar-refractivity contribution in [2.45, 2.75) is 37.8 Å². The van der Waals surface area contributed by atoms with Crippen molar-refractivity contribution >= 4 is 5.91 Å². The number of aliphatic hydroxyl groups excluding tert-OH is 1. The van der Waals surface area contributed by atoms with Crippen LogP contribution in [0.15, 0.2) is 30.3 Å². The van der Waals surface area contributed by atoms with Crippen LogP contribution in [0, 0.1) is 0 Å². The van der Waals surface area contributed by atoms with Crippen LogP contribution in [0.2, 0.25) is 0 Å². The molecule has 0 aromatic heterocycles. The Morgan fingerprint density at radius 3 is 2.64 bits per heavy atom. The number of hydrogen-bond acceptors (Lipinski definition) is 4. The summed E-state index contributed by atoms with van der Waals surface area (Å²) in [6.45, 7) is 5.18. The first-order valence-electron chi connectivity index (χ1n) is 8.03. The first-order chi connectivity index (χ1) is 10.5. The van der Waals surface area contributed by atoms with Gasteiger partial charge in [-0.2, -0.15) is 0 Å². The Bertz CT molecular complexity index is 468. The molecular weight excluding hydrogens is 278 g/mol. The van der Waals surface area contributed by atoms with Crippen LogP contribution in [-0.4, -0.2) is 48.2 Å². The number of nitrogens with one attached hydrogen (secondary N) is 1. The van der Waals surface area contributed by atoms with Crippen LogP contribution in [0.1, 0.15) is 31.7 Å². The molecule has 0 spiro atoms. The normalized spacial score (nSPS) is 19.6. The maximum absolute atomic E-state index is 12.3. The van der Waals surface area contributed by atoms with Gasteiger partial charge in [0.1, 0.15) is 5.54 Å². The zero-order chi connectivity index (χ0) is 16.0. The maximum atomic E-state index is 12.3. The molecule has 22 heavy (non-hydrogen) atoms. The minimum atomic E-state index is -1.00. The fourth-order valence-electron chi connectivity index (χ4n) is 2.75. The molecule has 0 bridgehead atoms. The molecule has 1 amide bonds. The summed E-state index contributed by atoms with van der Waals surface area (Å²) in [6.07, 6.45) is 2.45. The number of piperidine rings is 1. The molecule has 0 aliphatic carbocycles. The topological polar surface area (TPSA) is 78.6 Å². The molecule has 1 heterocycles. The van der Waals surface area contributed by atoms with E-state index in [1.54, 1.807) is 6.92 Å². The van der Waals surface area contributed by atoms with Crippen LogP contribution in [0.4, 0.5) is 0 Å². The van der Waals surface area contributed by atoms with Crippen LogP contribution in [-0.2, 0) is 10.3 Å². The summed E-state index contributed by atoms with van der Waals surface area (Å²) in [7, 11) is 0. The molecule has 5 heteroatoms. The van der Waals surface area contributed by atoms with Crippen molar-refractivity contribution in [1.82, 2.24) is 10.2 Å². The number of benzene rings is 1. The number of aliphatic hydroxyl groups is 1. The molecule has 1 fully saturated rings. The van der Waals surface area contributed by atoms with Gasteiger partial charge in [0.25, 0.3) is 0 Å². The van der Waals surface area contributed by atoms with Gasteiger partial charge in [-0.3, -0.25) is 4.79 Å². The molecule has 5 nitrogen and oxygen atoms in total. The largest absolute Gasteiger partial charge is 0.393 e. The van der Waals surface area contributed by atoms with Crippen LogP contribution >= 0.6 is 0 Å². The van der Waals surface area contributed by atoms with Gasteiger partial charge in [-0.1, -0.05) is 30.3 Å². The van der Waals surface area contributed by atoms with E-state index in [2.05, 4.69) is 10.2 Å². The number of rotatable bonds is 6. The molecule has 1 unspecified atom stereocenters. The highest BCUT2D eigenvalue weighted by Gasteiger charge is 2.29. The maximum Gasteiger partial charge on any atom is 0.244 e. The smallest absolute Gasteiger partial charge is 0.244 e. The lowest BCUT2D eigenvalue weighted by Gasteiger charge is -2.29. The molecule has 1 saturated heterocycles. The Labute approximate surface area is 132 Å². The highest BCUT2D eigenvalue weighted by atomic mass is 16.3. The van der Waals surface area contributed by atoms with Crippen molar-refractivity contribution in [3.63, 3.8) is 0 Å². The Morgan fingerprint density at radius 2 is 2.00 bits per heavy atom. The Kier molecular flexibility index (Phi) is 5.94. The number of hydrogen-bond donors (Lipinski definition) is 3. The second-order valence-electron chi connectivity index (χ2n) is 6.25. The molecule has 1 aliphatic heterocycles. The first kappa shape index (κ1) is 16.9. The lowest BCUT2D eigenvalue weighted by atomic mass is 9.92. The van der Waals surface area contributed by atoms with E-state index in [9.17, 15) is 9.90 Å². The van der Waals surface area contributed by atoms with Crippen molar-refractivity contribution < 1.29 is 9.90 Å². The van der Waals surface area contributed by atoms with E-state index in [1.807, 2.05) is 30.3 Å². The lowest BCUT2D eigenvalue weighted by molar-refractivity contribution is -0.126. The molecule has 2 rings (SSSR count). The summed E-state index contributed by atoms with van der Waals surface area (Å²) >= 11 is 0. The van der Waals surface area contributed by atoms with Crippen LogP contribution in [0.5, 0.6) is 0 Å². The lowest BCUT2D eigenvalue weighted by Crippen LogP contribution is -2.49. The van der Waals surface area contributed by atoms with E-state index in [0.29, 0.717) is 6.54 Å². The average Bonchev–Trinajstić information content (AvgIpc) is 2.54. The van der Waals surface area contributed by atoms with E-state index in [4.69, 9.17) is 5.73 Å². The van der Waals surface area contributed by atoms with Crippen molar-refractivity contribution in [2.24, 2.45) is 5.73 Å². The van der Waals surface area contributed by atoms with E-state index in [-0.39, 0.29) is 12.0 Å². The molecule has 4 N–H and O–H groups in total. The van der Waals surface area contributed by atoms with E-state index in [0.717, 1.165) is 44.5 Å². The average molecular weight is 305 g/mol. The van der Waals surface area contributed by atoms with Crippen molar-refractivity contribution in [1.29, 1.82) is 0 Å². The summed E-state index contributed by atoms with van der Waals surface area (Å²) in [5.74, 6) is -0.146. The van der Waals surface area contributed by atoms with Crippen LogP contribution < -0.4 is 11.1 Å². The zero-order valence-electron chi connectivity index (χ0n) is 13.3. The fraction of sp³-hybridized carbons (Fsp3) is 0.588. The summed E-state index contributed by atoms with van der Waals surface area (Å²) in [5, 5.41) is 12.4. The number of carbonyl (C=O) groups excluding carboxylic acids is 1. The summed E-state index contributed by atoms with van der Waals surface area (Å²) in [4.78, 5) is 14.6. The Hall–Kier alpha value is -1.43. The predicted molar refractivity (Wildman–Crippen MR) is 87.3 cm³/mol. The van der Waals surface area contributed by atoms with Crippen LogP contribution in [0.25, 0.3) is 0 Å². The zero-order valence-corrected chi connectivity index (χ0v) is 13.3. The van der Waals surface area contributed by atoms with Crippen molar-refractivity contribution in [3.8, 4) is 0 Å². The van der Waals surface area contributed by atoms with Gasteiger partial charge in [0.15, 0.2) is 0 Å². The number of likely N-dealkylation sites (tertiary alicyclic amines) is 1. The summed E-state index contributed by atoms with van der Waals surface area (Å²) < 4.78 is 0. The van der Waals surface area contributed by atoms with Crippen molar-refractivity contribution in [3.05, 3.63) is 35.9 Å². The second-order valence-corrected chi connectivity index (χ2v) is 6.25. The van der Waals surface area contributed by atoms with Gasteiger partial charge < -0.3 is 21.1 Å². The monoisotopic (exact) mass is 305 g/mol. The molecular formula is C17H27N3O2. The highest BCUT2D eigenvalue weighted by molar-refractivity contribution is 5.86. The molecule has 122 valence electrons. The third-order valence-electron chi connectivity index (χ3n) is 4.34. The third-order valence-corrected chi connectivity index (χ3v) is 4.34. The van der Waals surface area contributed by atoms with Gasteiger partial charge in [0.05, 0.1) is 6.10 Å². The van der Waals surface area contributed by atoms with Gasteiger partial charge in [-0.05, 0) is 38.3 Å². The number of nitrogens with two attached hydrogens (primary N) is 1. The summed E-state index contributed by atoms with van der Waals surface area (Å²) in [6, 6.07) is 9.43. The third kappa shape index (κ3) is 4.53. The van der Waals surface area contributed by atoms with Gasteiger partial charge >= 0.3 is 0 Å². The van der Waals surface area contributed by atoms with Gasteiger partial charge in [0.2, 0.25) is 5.91 Å². The fourth-order valence-corrected chi connectivity index (χ4v) is 2.75. The van der Waals surface area contributed by atoms with E-state index in [1.165, 1.54) is 0 Å². The van der Waals surface area contributed by atoms with Crippen molar-refractivity contribution in [2.75, 3.05) is 26.2 Å². The quantitative estimate of drug-likeness (QED) is 0.680. The Balaban J connectivity index is 1.71. The predicted octanol–water partition coefficient (Wildman–Crippen LogP) is 0.824. The minimum Gasteiger partial charge on any atom is -0.393 e. The molecule has 1 aromatic rings. The molecule has 0 radical (unpaired) electrons. The van der Waals surface area contributed by atoms with Gasteiger partial charge in [-0.25, -0.2) is 0 Å². The van der Waals surface area contributed by atoms with E-state index < -0.39 is 5.54 Å². The molecule has 0 saturated carbocycles. The second kappa shape index (κ2) is 7.72. The Morgan fingerprint density at radius 1 is 1.36 bits per heavy atom. The minimum absolute atomic E-state index is 0.139. The molecule has 1 aliphatic rings. The standard InChI is InChI=1S/C17H27N3O2/c1-17(18,14-6-3-2-4-7-14)16(22)19-10-5-11-20-12-8-15(21)9-13-20/h2-4,6-7,15,21H,5,8-13,18H2,1H3,(H,19,22). The van der Waals surface area contributed by atoms with Gasteiger partial charge in [-0.15, -0.1) is 0 Å². The number of carbonyl (C=O) groups is 1. The molecule has 1 atom stereocenters. The number of amides is 1. The SMILES string of the molecule is CC(N)(C(=O)NCCCN1CCC(O)CC1)c1ccccc1.